The molecule has 4 aromatic rings. The molecule has 0 atom stereocenters. The molecule has 0 bridgehead atoms. The molecule has 0 saturated heterocycles. The van der Waals surface area contributed by atoms with Gasteiger partial charge in [-0.3, -0.25) is 9.36 Å². The monoisotopic (exact) mass is 488 g/mol. The van der Waals surface area contributed by atoms with Crippen molar-refractivity contribution in [3.63, 3.8) is 0 Å². The summed E-state index contributed by atoms with van der Waals surface area (Å²) in [7, 11) is 1.30. The number of para-hydroxylation sites is 2. The number of aromatic nitrogens is 3. The Bertz CT molecular complexity index is 1320. The van der Waals surface area contributed by atoms with Crippen molar-refractivity contribution in [1.29, 1.82) is 0 Å². The molecule has 0 radical (unpaired) electrons. The molecule has 0 aliphatic carbocycles. The molecule has 0 aliphatic heterocycles. The predicted molar refractivity (Wildman–Crippen MR) is 134 cm³/mol. The summed E-state index contributed by atoms with van der Waals surface area (Å²) >= 11 is 1.24. The lowest BCUT2D eigenvalue weighted by Crippen LogP contribution is -2.17. The normalized spacial score (nSPS) is 10.6. The number of ether oxygens (including phenoxy) is 2. The minimum absolute atomic E-state index is 0.0687. The molecule has 0 fully saturated rings. The van der Waals surface area contributed by atoms with E-state index >= 15 is 0 Å². The first-order valence-electron chi connectivity index (χ1n) is 10.8. The predicted octanol–water partition coefficient (Wildman–Crippen LogP) is 4.67. The zero-order valence-electron chi connectivity index (χ0n) is 19.3. The van der Waals surface area contributed by atoms with E-state index in [0.717, 1.165) is 17.0 Å². The minimum atomic E-state index is -0.518. The van der Waals surface area contributed by atoms with Crippen molar-refractivity contribution in [2.45, 2.75) is 18.7 Å². The maximum Gasteiger partial charge on any atom is 0.339 e. The molecular weight excluding hydrogens is 464 g/mol. The van der Waals surface area contributed by atoms with Crippen molar-refractivity contribution in [3.8, 4) is 11.4 Å². The fourth-order valence-corrected chi connectivity index (χ4v) is 4.14. The zero-order valence-corrected chi connectivity index (χ0v) is 20.1. The van der Waals surface area contributed by atoms with Crippen LogP contribution in [0.2, 0.25) is 0 Å². The molecule has 3 aromatic carbocycles. The van der Waals surface area contributed by atoms with E-state index in [1.807, 2.05) is 66.1 Å². The lowest BCUT2D eigenvalue weighted by Gasteiger charge is -2.12. The Balaban J connectivity index is 1.50. The van der Waals surface area contributed by atoms with E-state index in [1.54, 1.807) is 24.3 Å². The third-order valence-corrected chi connectivity index (χ3v) is 5.94. The standard InChI is InChI=1S/C26H24N4O4S/c1-18-9-8-12-20(15-18)34-16-23-28-29-26(30(23)19-10-4-3-5-11-19)35-17-24(31)27-22-14-7-6-13-21(22)25(32)33-2/h3-15H,16-17H2,1-2H3,(H,27,31). The van der Waals surface area contributed by atoms with Crippen molar-refractivity contribution in [1.82, 2.24) is 14.8 Å². The fraction of sp³-hybridized carbons (Fsp3) is 0.154. The Morgan fingerprint density at radius 3 is 2.51 bits per heavy atom. The second kappa shape index (κ2) is 11.3. The summed E-state index contributed by atoms with van der Waals surface area (Å²) in [4.78, 5) is 24.6. The molecule has 0 spiro atoms. The maximum absolute atomic E-state index is 12.7. The number of anilines is 1. The Hall–Kier alpha value is -4.11. The quantitative estimate of drug-likeness (QED) is 0.270. The second-order valence-corrected chi connectivity index (χ2v) is 8.49. The molecule has 178 valence electrons. The lowest BCUT2D eigenvalue weighted by atomic mass is 10.2. The van der Waals surface area contributed by atoms with Gasteiger partial charge >= 0.3 is 5.97 Å². The Kier molecular flexibility index (Phi) is 7.79. The largest absolute Gasteiger partial charge is 0.486 e. The van der Waals surface area contributed by atoms with Gasteiger partial charge in [0.05, 0.1) is 24.1 Å². The van der Waals surface area contributed by atoms with Gasteiger partial charge in [0.1, 0.15) is 12.4 Å². The first-order valence-corrected chi connectivity index (χ1v) is 11.8. The van der Waals surface area contributed by atoms with Gasteiger partial charge in [0.2, 0.25) is 5.91 Å². The average Bonchev–Trinajstić information content (AvgIpc) is 3.29. The van der Waals surface area contributed by atoms with Crippen molar-refractivity contribution in [3.05, 3.63) is 95.8 Å². The smallest absolute Gasteiger partial charge is 0.339 e. The molecule has 4 rings (SSSR count). The highest BCUT2D eigenvalue weighted by Gasteiger charge is 2.18. The minimum Gasteiger partial charge on any atom is -0.486 e. The van der Waals surface area contributed by atoms with Crippen LogP contribution >= 0.6 is 11.8 Å². The maximum atomic E-state index is 12.7. The molecule has 1 heterocycles. The summed E-state index contributed by atoms with van der Waals surface area (Å²) < 4.78 is 12.6. The van der Waals surface area contributed by atoms with E-state index in [-0.39, 0.29) is 23.8 Å². The molecule has 0 aliphatic rings. The number of hydrogen-bond donors (Lipinski definition) is 1. The number of amides is 1. The summed E-state index contributed by atoms with van der Waals surface area (Å²) in [6.45, 7) is 2.22. The summed E-state index contributed by atoms with van der Waals surface area (Å²) in [5.74, 6) is 0.614. The number of methoxy groups -OCH3 is 1. The zero-order chi connectivity index (χ0) is 24.6. The van der Waals surface area contributed by atoms with Gasteiger partial charge < -0.3 is 14.8 Å². The lowest BCUT2D eigenvalue weighted by molar-refractivity contribution is -0.113. The Morgan fingerprint density at radius 1 is 0.971 bits per heavy atom. The van der Waals surface area contributed by atoms with Crippen LogP contribution in [-0.4, -0.2) is 39.5 Å². The van der Waals surface area contributed by atoms with Crippen molar-refractivity contribution in [2.24, 2.45) is 0 Å². The van der Waals surface area contributed by atoms with E-state index in [4.69, 9.17) is 9.47 Å². The number of benzene rings is 3. The van der Waals surface area contributed by atoms with Gasteiger partial charge in [0.15, 0.2) is 11.0 Å². The SMILES string of the molecule is COC(=O)c1ccccc1NC(=O)CSc1nnc(COc2cccc(C)c2)n1-c1ccccc1. The molecule has 35 heavy (non-hydrogen) atoms. The molecule has 1 N–H and O–H groups in total. The van der Waals surface area contributed by atoms with Gasteiger partial charge in [-0.25, -0.2) is 4.79 Å². The molecule has 1 amide bonds. The number of hydrogen-bond acceptors (Lipinski definition) is 7. The van der Waals surface area contributed by atoms with E-state index in [2.05, 4.69) is 15.5 Å². The number of thioether (sulfide) groups is 1. The van der Waals surface area contributed by atoms with Crippen molar-refractivity contribution >= 4 is 29.3 Å². The van der Waals surface area contributed by atoms with E-state index < -0.39 is 5.97 Å². The van der Waals surface area contributed by atoms with Gasteiger partial charge in [0.25, 0.3) is 0 Å². The first kappa shape index (κ1) is 24.0. The number of rotatable bonds is 9. The van der Waals surface area contributed by atoms with Gasteiger partial charge in [-0.15, -0.1) is 10.2 Å². The Labute approximate surface area is 207 Å². The van der Waals surface area contributed by atoms with Gasteiger partial charge in [-0.1, -0.05) is 54.2 Å². The van der Waals surface area contributed by atoms with Crippen LogP contribution in [0.15, 0.2) is 84.0 Å². The molecule has 0 saturated carbocycles. The average molecular weight is 489 g/mol. The Morgan fingerprint density at radius 2 is 1.74 bits per heavy atom. The van der Waals surface area contributed by atoms with Gasteiger partial charge in [-0.05, 0) is 48.9 Å². The van der Waals surface area contributed by atoms with Crippen LogP contribution in [0, 0.1) is 6.92 Å². The van der Waals surface area contributed by atoms with Crippen LogP contribution in [-0.2, 0) is 16.1 Å². The van der Waals surface area contributed by atoms with Crippen LogP contribution in [0.5, 0.6) is 5.75 Å². The molecular formula is C26H24N4O4S. The van der Waals surface area contributed by atoms with Crippen LogP contribution in [0.3, 0.4) is 0 Å². The summed E-state index contributed by atoms with van der Waals surface area (Å²) in [6.07, 6.45) is 0. The van der Waals surface area contributed by atoms with E-state index in [9.17, 15) is 9.59 Å². The number of nitrogens with zero attached hydrogens (tertiary/aromatic N) is 3. The molecule has 1 aromatic heterocycles. The van der Waals surface area contributed by atoms with Crippen LogP contribution < -0.4 is 10.1 Å². The number of esters is 1. The van der Waals surface area contributed by atoms with Crippen LogP contribution in [0.1, 0.15) is 21.7 Å². The van der Waals surface area contributed by atoms with Crippen molar-refractivity contribution in [2.75, 3.05) is 18.2 Å². The topological polar surface area (TPSA) is 95.3 Å². The summed E-state index contributed by atoms with van der Waals surface area (Å²) in [6, 6.07) is 24.1. The number of nitrogens with one attached hydrogen (secondary N) is 1. The third kappa shape index (κ3) is 6.07. The van der Waals surface area contributed by atoms with E-state index in [0.29, 0.717) is 16.7 Å². The fourth-order valence-electron chi connectivity index (χ4n) is 3.37. The van der Waals surface area contributed by atoms with Gasteiger partial charge in [-0.2, -0.15) is 0 Å². The second-order valence-electron chi connectivity index (χ2n) is 7.55. The highest BCUT2D eigenvalue weighted by Crippen LogP contribution is 2.24. The van der Waals surface area contributed by atoms with E-state index in [1.165, 1.54) is 18.9 Å². The van der Waals surface area contributed by atoms with Crippen LogP contribution in [0.4, 0.5) is 5.69 Å². The molecule has 9 heteroatoms. The highest BCUT2D eigenvalue weighted by molar-refractivity contribution is 7.99. The van der Waals surface area contributed by atoms with Crippen molar-refractivity contribution < 1.29 is 19.1 Å². The molecule has 0 unspecified atom stereocenters. The highest BCUT2D eigenvalue weighted by atomic mass is 32.2. The number of aryl methyl sites for hydroxylation is 1. The number of carbonyl (C=O) groups excluding carboxylic acids is 2. The van der Waals surface area contributed by atoms with Crippen LogP contribution in [0.25, 0.3) is 5.69 Å². The van der Waals surface area contributed by atoms with Gasteiger partial charge in [0, 0.05) is 5.69 Å². The summed E-state index contributed by atoms with van der Waals surface area (Å²) in [5, 5.41) is 11.9. The third-order valence-electron chi connectivity index (χ3n) is 5.01. The summed E-state index contributed by atoms with van der Waals surface area (Å²) in [5.41, 5.74) is 2.64. The first-order chi connectivity index (χ1) is 17.0. The molecule has 8 nitrogen and oxygen atoms in total. The number of carbonyl (C=O) groups is 2.